The summed E-state index contributed by atoms with van der Waals surface area (Å²) >= 11 is 1.45. The van der Waals surface area contributed by atoms with Crippen LogP contribution in [0.3, 0.4) is 0 Å². The summed E-state index contributed by atoms with van der Waals surface area (Å²) in [7, 11) is -3.57. The van der Waals surface area contributed by atoms with Crippen LogP contribution < -0.4 is 4.80 Å². The second kappa shape index (κ2) is 9.13. The van der Waals surface area contributed by atoms with E-state index in [1.165, 1.54) is 23.5 Å². The SMILES string of the molecule is C=CCn1c(=NC(=O)c2ccc(S(=O)(=O)N3CCCCC3C)cc2)sc2cccc(C)c21. The van der Waals surface area contributed by atoms with Crippen LogP contribution in [0.1, 0.15) is 42.1 Å². The van der Waals surface area contributed by atoms with Gasteiger partial charge in [0.05, 0.1) is 15.1 Å². The molecule has 168 valence electrons. The number of thiazole rings is 1. The first-order valence-electron chi connectivity index (χ1n) is 10.7. The third kappa shape index (κ3) is 4.22. The fourth-order valence-electron chi connectivity index (χ4n) is 4.18. The molecule has 0 saturated carbocycles. The molecule has 1 aromatic heterocycles. The number of aromatic nitrogens is 1. The summed E-state index contributed by atoms with van der Waals surface area (Å²) in [6.45, 7) is 8.88. The van der Waals surface area contributed by atoms with E-state index in [1.54, 1.807) is 22.5 Å². The summed E-state index contributed by atoms with van der Waals surface area (Å²) in [6.07, 6.45) is 4.57. The lowest BCUT2D eigenvalue weighted by Gasteiger charge is -2.32. The van der Waals surface area contributed by atoms with Gasteiger partial charge in [-0.3, -0.25) is 4.79 Å². The number of fused-ring (bicyclic) bond motifs is 1. The first-order valence-corrected chi connectivity index (χ1v) is 13.0. The molecule has 1 amide bonds. The van der Waals surface area contributed by atoms with Crippen molar-refractivity contribution in [2.24, 2.45) is 4.99 Å². The molecule has 3 aromatic rings. The highest BCUT2D eigenvalue weighted by Gasteiger charge is 2.30. The Bertz CT molecular complexity index is 1340. The minimum atomic E-state index is -3.57. The van der Waals surface area contributed by atoms with Crippen molar-refractivity contribution in [1.29, 1.82) is 0 Å². The van der Waals surface area contributed by atoms with Crippen LogP contribution in [0.15, 0.2) is 65.0 Å². The van der Waals surface area contributed by atoms with Crippen LogP contribution in [-0.4, -0.2) is 35.8 Å². The number of hydrogen-bond donors (Lipinski definition) is 0. The summed E-state index contributed by atoms with van der Waals surface area (Å²) < 4.78 is 30.6. The third-order valence-corrected chi connectivity index (χ3v) is 8.93. The van der Waals surface area contributed by atoms with Crippen molar-refractivity contribution in [1.82, 2.24) is 8.87 Å². The molecule has 2 heterocycles. The minimum Gasteiger partial charge on any atom is -0.312 e. The quantitative estimate of drug-likeness (QED) is 0.517. The second-order valence-corrected chi connectivity index (χ2v) is 11.0. The summed E-state index contributed by atoms with van der Waals surface area (Å²) in [4.78, 5) is 18.0. The van der Waals surface area contributed by atoms with Gasteiger partial charge in [-0.05, 0) is 62.6 Å². The van der Waals surface area contributed by atoms with E-state index in [0.717, 1.165) is 35.0 Å². The molecule has 0 N–H and O–H groups in total. The van der Waals surface area contributed by atoms with Gasteiger partial charge in [-0.2, -0.15) is 9.30 Å². The maximum Gasteiger partial charge on any atom is 0.279 e. The number of piperidine rings is 1. The Kier molecular flexibility index (Phi) is 6.46. The molecular formula is C24H27N3O3S2. The van der Waals surface area contributed by atoms with Gasteiger partial charge in [0.25, 0.3) is 5.91 Å². The number of hydrogen-bond acceptors (Lipinski definition) is 4. The predicted octanol–water partition coefficient (Wildman–Crippen LogP) is 4.50. The van der Waals surface area contributed by atoms with Crippen LogP contribution in [0.4, 0.5) is 0 Å². The Labute approximate surface area is 192 Å². The summed E-state index contributed by atoms with van der Waals surface area (Å²) in [5, 5.41) is 0. The molecule has 2 aromatic carbocycles. The van der Waals surface area contributed by atoms with E-state index >= 15 is 0 Å². The number of carbonyl (C=O) groups excluding carboxylic acids is 1. The highest BCUT2D eigenvalue weighted by molar-refractivity contribution is 7.89. The van der Waals surface area contributed by atoms with Gasteiger partial charge >= 0.3 is 0 Å². The Morgan fingerprint density at radius 2 is 1.97 bits per heavy atom. The van der Waals surface area contributed by atoms with Gasteiger partial charge in [0.15, 0.2) is 4.80 Å². The average Bonchev–Trinajstić information content (AvgIpc) is 3.12. The fourth-order valence-corrected chi connectivity index (χ4v) is 6.99. The van der Waals surface area contributed by atoms with Crippen LogP contribution in [0, 0.1) is 6.92 Å². The van der Waals surface area contributed by atoms with Gasteiger partial charge < -0.3 is 4.57 Å². The van der Waals surface area contributed by atoms with E-state index in [0.29, 0.717) is 23.5 Å². The number of sulfonamides is 1. The molecule has 1 aliphatic rings. The average molecular weight is 470 g/mol. The van der Waals surface area contributed by atoms with Gasteiger partial charge in [0.2, 0.25) is 10.0 Å². The smallest absolute Gasteiger partial charge is 0.279 e. The molecule has 1 fully saturated rings. The molecule has 0 spiro atoms. The van der Waals surface area contributed by atoms with Gasteiger partial charge in [-0.15, -0.1) is 6.58 Å². The lowest BCUT2D eigenvalue weighted by atomic mass is 10.1. The second-order valence-electron chi connectivity index (χ2n) is 8.11. The Morgan fingerprint density at radius 1 is 1.22 bits per heavy atom. The van der Waals surface area contributed by atoms with Gasteiger partial charge in [0.1, 0.15) is 0 Å². The number of para-hydroxylation sites is 1. The summed E-state index contributed by atoms with van der Waals surface area (Å²) in [5.74, 6) is -0.401. The molecule has 6 nitrogen and oxygen atoms in total. The highest BCUT2D eigenvalue weighted by Crippen LogP contribution is 2.25. The van der Waals surface area contributed by atoms with Crippen molar-refractivity contribution in [2.45, 2.75) is 50.6 Å². The molecule has 0 bridgehead atoms. The van der Waals surface area contributed by atoms with Crippen molar-refractivity contribution >= 4 is 37.5 Å². The molecule has 1 atom stereocenters. The first-order chi connectivity index (χ1) is 15.3. The standard InChI is InChI=1S/C24H27N3O3S2/c1-4-15-26-22-17(2)8-7-10-21(22)31-24(26)25-23(28)19-11-13-20(14-12-19)32(29,30)27-16-6-5-9-18(27)3/h4,7-8,10-14,18H,1,5-6,9,15-16H2,2-3H3. The van der Waals surface area contributed by atoms with Crippen molar-refractivity contribution in [2.75, 3.05) is 6.54 Å². The zero-order chi connectivity index (χ0) is 22.9. The van der Waals surface area contributed by atoms with Gasteiger partial charge in [-0.1, -0.05) is 36.0 Å². The van der Waals surface area contributed by atoms with Crippen LogP contribution in [0.5, 0.6) is 0 Å². The zero-order valence-electron chi connectivity index (χ0n) is 18.3. The number of aryl methyl sites for hydroxylation is 1. The van der Waals surface area contributed by atoms with Crippen molar-refractivity contribution in [3.8, 4) is 0 Å². The molecule has 0 radical (unpaired) electrons. The van der Waals surface area contributed by atoms with E-state index in [1.807, 2.05) is 36.6 Å². The molecule has 1 saturated heterocycles. The highest BCUT2D eigenvalue weighted by atomic mass is 32.2. The van der Waals surface area contributed by atoms with Gasteiger partial charge in [0, 0.05) is 24.7 Å². The zero-order valence-corrected chi connectivity index (χ0v) is 20.0. The monoisotopic (exact) mass is 469 g/mol. The Balaban J connectivity index is 1.67. The van der Waals surface area contributed by atoms with Crippen LogP contribution in [0.2, 0.25) is 0 Å². The van der Waals surface area contributed by atoms with Crippen molar-refractivity contribution in [3.05, 3.63) is 71.0 Å². The van der Waals surface area contributed by atoms with Crippen LogP contribution in [0.25, 0.3) is 10.2 Å². The molecule has 0 aliphatic carbocycles. The number of carbonyl (C=O) groups is 1. The van der Waals surface area contributed by atoms with Crippen LogP contribution >= 0.6 is 11.3 Å². The minimum absolute atomic E-state index is 0.0122. The molecule has 4 rings (SSSR count). The van der Waals surface area contributed by atoms with E-state index in [-0.39, 0.29) is 10.9 Å². The molecule has 8 heteroatoms. The molecule has 32 heavy (non-hydrogen) atoms. The van der Waals surface area contributed by atoms with E-state index in [4.69, 9.17) is 0 Å². The normalized spacial score (nSPS) is 18.2. The number of amides is 1. The van der Waals surface area contributed by atoms with Crippen molar-refractivity contribution < 1.29 is 13.2 Å². The molecular weight excluding hydrogens is 442 g/mol. The van der Waals surface area contributed by atoms with Crippen LogP contribution in [-0.2, 0) is 16.6 Å². The third-order valence-electron chi connectivity index (χ3n) is 5.86. The Hall–Kier alpha value is -2.55. The number of benzene rings is 2. The number of rotatable bonds is 5. The predicted molar refractivity (Wildman–Crippen MR) is 128 cm³/mol. The topological polar surface area (TPSA) is 71.7 Å². The maximum absolute atomic E-state index is 13.0. The lowest BCUT2D eigenvalue weighted by Crippen LogP contribution is -2.41. The fraction of sp³-hybridized carbons (Fsp3) is 0.333. The van der Waals surface area contributed by atoms with E-state index in [9.17, 15) is 13.2 Å². The maximum atomic E-state index is 13.0. The number of nitrogens with zero attached hydrogens (tertiary/aromatic N) is 3. The largest absolute Gasteiger partial charge is 0.312 e. The molecule has 1 unspecified atom stereocenters. The summed E-state index contributed by atoms with van der Waals surface area (Å²) in [6, 6.07) is 12.1. The first kappa shape index (κ1) is 22.6. The van der Waals surface area contributed by atoms with Crippen molar-refractivity contribution in [3.63, 3.8) is 0 Å². The Morgan fingerprint density at radius 3 is 2.66 bits per heavy atom. The summed E-state index contributed by atoms with van der Waals surface area (Å²) in [5.41, 5.74) is 2.51. The van der Waals surface area contributed by atoms with E-state index < -0.39 is 15.9 Å². The van der Waals surface area contributed by atoms with E-state index in [2.05, 4.69) is 11.6 Å². The number of allylic oxidation sites excluding steroid dienone is 1. The van der Waals surface area contributed by atoms with Gasteiger partial charge in [-0.25, -0.2) is 8.42 Å². The lowest BCUT2D eigenvalue weighted by molar-refractivity contribution is 0.0997. The molecule has 1 aliphatic heterocycles.